The van der Waals surface area contributed by atoms with Crippen LogP contribution in [0.1, 0.15) is 91.9 Å². The Balaban J connectivity index is 4.83. The summed E-state index contributed by atoms with van der Waals surface area (Å²) in [4.78, 5) is 25.7. The Kier molecular flexibility index (Phi) is 13.7. The van der Waals surface area contributed by atoms with Crippen molar-refractivity contribution in [3.05, 3.63) is 0 Å². The van der Waals surface area contributed by atoms with Crippen molar-refractivity contribution in [3.63, 3.8) is 0 Å². The summed E-state index contributed by atoms with van der Waals surface area (Å²) in [6, 6.07) is 0. The lowest BCUT2D eigenvalue weighted by atomic mass is 9.95. The van der Waals surface area contributed by atoms with Crippen molar-refractivity contribution < 1.29 is 9.59 Å². The van der Waals surface area contributed by atoms with Gasteiger partial charge in [0.15, 0.2) is 0 Å². The van der Waals surface area contributed by atoms with Gasteiger partial charge in [-0.1, -0.05) is 66.2 Å². The van der Waals surface area contributed by atoms with Crippen molar-refractivity contribution in [3.8, 4) is 0 Å². The summed E-state index contributed by atoms with van der Waals surface area (Å²) in [6.45, 7) is 10.5. The summed E-state index contributed by atoms with van der Waals surface area (Å²) < 4.78 is 0. The van der Waals surface area contributed by atoms with E-state index in [0.717, 1.165) is 25.9 Å². The molecule has 142 valence electrons. The number of hydrogen-bond donors (Lipinski definition) is 1. The number of carbonyl (C=O) groups excluding carboxylic acids is 2. The number of carbonyl (C=O) groups is 2. The van der Waals surface area contributed by atoms with Gasteiger partial charge < -0.3 is 10.6 Å². The van der Waals surface area contributed by atoms with Gasteiger partial charge in [0.2, 0.25) is 11.8 Å². The predicted octanol–water partition coefficient (Wildman–Crippen LogP) is 4.51. The molecule has 0 aliphatic carbocycles. The van der Waals surface area contributed by atoms with Crippen molar-refractivity contribution in [2.75, 3.05) is 13.1 Å². The highest BCUT2D eigenvalue weighted by Crippen LogP contribution is 2.19. The van der Waals surface area contributed by atoms with Crippen molar-refractivity contribution in [1.82, 2.24) is 4.90 Å². The van der Waals surface area contributed by atoms with Crippen LogP contribution in [0.3, 0.4) is 0 Å². The molecule has 0 aromatic carbocycles. The molecule has 0 spiro atoms. The first-order chi connectivity index (χ1) is 11.5. The van der Waals surface area contributed by atoms with E-state index in [-0.39, 0.29) is 24.7 Å². The van der Waals surface area contributed by atoms with Crippen LogP contribution in [0.2, 0.25) is 0 Å². The van der Waals surface area contributed by atoms with E-state index in [1.807, 2.05) is 4.90 Å². The largest absolute Gasteiger partial charge is 0.370 e. The number of hydrogen-bond acceptors (Lipinski definition) is 2. The molecule has 0 aliphatic rings. The van der Waals surface area contributed by atoms with E-state index in [4.69, 9.17) is 5.73 Å². The number of rotatable bonds is 15. The van der Waals surface area contributed by atoms with Gasteiger partial charge in [-0.2, -0.15) is 0 Å². The molecule has 0 aromatic rings. The number of nitrogens with two attached hydrogens (primary N) is 1. The monoisotopic (exact) mass is 340 g/mol. The molecule has 4 heteroatoms. The molecule has 0 bridgehead atoms. The van der Waals surface area contributed by atoms with Crippen LogP contribution in [0.15, 0.2) is 0 Å². The van der Waals surface area contributed by atoms with Gasteiger partial charge in [-0.25, -0.2) is 0 Å². The van der Waals surface area contributed by atoms with Gasteiger partial charge in [0.25, 0.3) is 0 Å². The van der Waals surface area contributed by atoms with E-state index in [1.165, 1.54) is 38.5 Å². The van der Waals surface area contributed by atoms with Crippen molar-refractivity contribution in [1.29, 1.82) is 0 Å². The molecule has 2 N–H and O–H groups in total. The van der Waals surface area contributed by atoms with Crippen LogP contribution in [0.4, 0.5) is 0 Å². The Bertz CT molecular complexity index is 327. The van der Waals surface area contributed by atoms with Crippen LogP contribution >= 0.6 is 0 Å². The van der Waals surface area contributed by atoms with Gasteiger partial charge in [0, 0.05) is 25.9 Å². The average molecular weight is 341 g/mol. The van der Waals surface area contributed by atoms with Crippen molar-refractivity contribution in [2.45, 2.75) is 91.9 Å². The molecule has 0 saturated carbocycles. The van der Waals surface area contributed by atoms with Gasteiger partial charge in [-0.3, -0.25) is 9.59 Å². The lowest BCUT2D eigenvalue weighted by Crippen LogP contribution is -2.39. The summed E-state index contributed by atoms with van der Waals surface area (Å²) in [5.74, 6) is 0.829. The third-order valence-corrected chi connectivity index (χ3v) is 4.98. The van der Waals surface area contributed by atoms with Gasteiger partial charge in [-0.05, 0) is 24.7 Å². The maximum absolute atomic E-state index is 12.6. The van der Waals surface area contributed by atoms with Crippen LogP contribution in [0, 0.1) is 11.8 Å². The Labute approximate surface area is 149 Å². The Morgan fingerprint density at radius 1 is 0.833 bits per heavy atom. The fourth-order valence-corrected chi connectivity index (χ4v) is 3.12. The summed E-state index contributed by atoms with van der Waals surface area (Å²) in [7, 11) is 0. The molecule has 0 aromatic heterocycles. The van der Waals surface area contributed by atoms with E-state index in [2.05, 4.69) is 27.7 Å². The predicted molar refractivity (Wildman–Crippen MR) is 102 cm³/mol. The SMILES string of the molecule is CCCCC(CC)CN(CC(CC)CCCC)C(=O)CCC(N)=O. The highest BCUT2D eigenvalue weighted by Gasteiger charge is 2.21. The Morgan fingerprint density at radius 3 is 1.62 bits per heavy atom. The summed E-state index contributed by atoms with van der Waals surface area (Å²) in [6.07, 6.45) is 9.80. The average Bonchev–Trinajstić information content (AvgIpc) is 2.58. The molecule has 0 aliphatic heterocycles. The van der Waals surface area contributed by atoms with E-state index >= 15 is 0 Å². The molecule has 0 radical (unpaired) electrons. The summed E-state index contributed by atoms with van der Waals surface area (Å²) in [5, 5.41) is 0. The molecule has 0 rings (SSSR count). The second-order valence-electron chi connectivity index (χ2n) is 7.10. The first-order valence-corrected chi connectivity index (χ1v) is 10.0. The fraction of sp³-hybridized carbons (Fsp3) is 0.900. The molecule has 0 fully saturated rings. The Hall–Kier alpha value is -1.06. The number of primary amides is 1. The van der Waals surface area contributed by atoms with E-state index < -0.39 is 0 Å². The van der Waals surface area contributed by atoms with Crippen LogP contribution in [0.25, 0.3) is 0 Å². The fourth-order valence-electron chi connectivity index (χ4n) is 3.12. The van der Waals surface area contributed by atoms with Crippen LogP contribution in [-0.2, 0) is 9.59 Å². The lowest BCUT2D eigenvalue weighted by Gasteiger charge is -2.31. The molecule has 2 atom stereocenters. The smallest absolute Gasteiger partial charge is 0.223 e. The van der Waals surface area contributed by atoms with Crippen LogP contribution in [-0.4, -0.2) is 29.8 Å². The zero-order chi connectivity index (χ0) is 18.4. The van der Waals surface area contributed by atoms with Gasteiger partial charge in [0.05, 0.1) is 0 Å². The number of unbranched alkanes of at least 4 members (excludes halogenated alkanes) is 2. The van der Waals surface area contributed by atoms with E-state index in [1.54, 1.807) is 0 Å². The summed E-state index contributed by atoms with van der Waals surface area (Å²) in [5.41, 5.74) is 5.22. The minimum Gasteiger partial charge on any atom is -0.370 e. The molecule has 0 saturated heterocycles. The molecule has 4 nitrogen and oxygen atoms in total. The van der Waals surface area contributed by atoms with Crippen molar-refractivity contribution in [2.24, 2.45) is 17.6 Å². The minimum absolute atomic E-state index is 0.0960. The van der Waals surface area contributed by atoms with Gasteiger partial charge >= 0.3 is 0 Å². The first-order valence-electron chi connectivity index (χ1n) is 10.0. The topological polar surface area (TPSA) is 63.4 Å². The lowest BCUT2D eigenvalue weighted by molar-refractivity contribution is -0.134. The van der Waals surface area contributed by atoms with Crippen LogP contribution < -0.4 is 5.73 Å². The molecule has 2 amide bonds. The van der Waals surface area contributed by atoms with E-state index in [0.29, 0.717) is 11.8 Å². The normalized spacial score (nSPS) is 13.5. The highest BCUT2D eigenvalue weighted by molar-refractivity contribution is 5.82. The molecular formula is C20H40N2O2. The van der Waals surface area contributed by atoms with E-state index in [9.17, 15) is 9.59 Å². The maximum Gasteiger partial charge on any atom is 0.223 e. The highest BCUT2D eigenvalue weighted by atomic mass is 16.2. The third kappa shape index (κ3) is 10.7. The van der Waals surface area contributed by atoms with Crippen molar-refractivity contribution >= 4 is 11.8 Å². The Morgan fingerprint density at radius 2 is 1.29 bits per heavy atom. The van der Waals surface area contributed by atoms with Gasteiger partial charge in [0.1, 0.15) is 0 Å². The standard InChI is InChI=1S/C20H40N2O2/c1-5-9-11-17(7-3)15-22(20(24)14-13-19(21)23)16-18(8-4)12-10-6-2/h17-18H,5-16H2,1-4H3,(H2,21,23). The number of nitrogens with zero attached hydrogens (tertiary/aromatic N) is 1. The second kappa shape index (κ2) is 14.3. The second-order valence-corrected chi connectivity index (χ2v) is 7.10. The zero-order valence-corrected chi connectivity index (χ0v) is 16.5. The van der Waals surface area contributed by atoms with Crippen LogP contribution in [0.5, 0.6) is 0 Å². The minimum atomic E-state index is -0.389. The number of amides is 2. The van der Waals surface area contributed by atoms with Gasteiger partial charge in [-0.15, -0.1) is 0 Å². The molecule has 24 heavy (non-hydrogen) atoms. The summed E-state index contributed by atoms with van der Waals surface area (Å²) >= 11 is 0. The maximum atomic E-state index is 12.6. The molecule has 2 unspecified atom stereocenters. The quantitative estimate of drug-likeness (QED) is 0.476. The zero-order valence-electron chi connectivity index (χ0n) is 16.5. The first kappa shape index (κ1) is 22.9. The molecular weight excluding hydrogens is 300 g/mol. The molecule has 0 heterocycles. The third-order valence-electron chi connectivity index (χ3n) is 4.98.